The Kier molecular flexibility index (Phi) is 6.77. The van der Waals surface area contributed by atoms with Gasteiger partial charge in [0.2, 0.25) is 5.95 Å². The monoisotopic (exact) mass is 460 g/mol. The molecule has 0 aliphatic heterocycles. The Labute approximate surface area is 185 Å². The minimum Gasteiger partial charge on any atom is -0.484 e. The normalized spacial score (nSPS) is 11.1. The van der Waals surface area contributed by atoms with Crippen LogP contribution < -0.4 is 14.8 Å². The van der Waals surface area contributed by atoms with Crippen LogP contribution in [0.15, 0.2) is 53.6 Å². The van der Waals surface area contributed by atoms with Crippen molar-refractivity contribution >= 4 is 39.2 Å². The summed E-state index contributed by atoms with van der Waals surface area (Å²) in [5, 5.41) is 3.32. The molecule has 0 aliphatic carbocycles. The summed E-state index contributed by atoms with van der Waals surface area (Å²) in [7, 11) is -3.86. The van der Waals surface area contributed by atoms with Crippen molar-refractivity contribution in [2.24, 2.45) is 0 Å². The van der Waals surface area contributed by atoms with Crippen LogP contribution in [0.3, 0.4) is 0 Å². The van der Waals surface area contributed by atoms with Gasteiger partial charge in [-0.25, -0.2) is 23.1 Å². The molecular formula is C21H21ClN4O4S. The van der Waals surface area contributed by atoms with Crippen molar-refractivity contribution in [1.29, 1.82) is 0 Å². The molecule has 0 fully saturated rings. The number of halogens is 1. The number of carbonyl (C=O) groups is 1. The predicted molar refractivity (Wildman–Crippen MR) is 119 cm³/mol. The summed E-state index contributed by atoms with van der Waals surface area (Å²) in [6.45, 7) is 5.25. The number of hydrogen-bond donors (Lipinski definition) is 2. The Morgan fingerprint density at radius 1 is 1.06 bits per heavy atom. The molecule has 2 aromatic carbocycles. The summed E-state index contributed by atoms with van der Waals surface area (Å²) in [6.07, 6.45) is 1.47. The number of carbonyl (C=O) groups excluding carboxylic acids is 1. The number of nitrogens with one attached hydrogen (secondary N) is 2. The third-order valence-corrected chi connectivity index (χ3v) is 6.19. The van der Waals surface area contributed by atoms with Gasteiger partial charge in [-0.2, -0.15) is 0 Å². The summed E-state index contributed by atoms with van der Waals surface area (Å²) in [5.74, 6) is 0.148. The molecule has 0 bridgehead atoms. The van der Waals surface area contributed by atoms with Gasteiger partial charge in [0.15, 0.2) is 6.61 Å². The summed E-state index contributed by atoms with van der Waals surface area (Å²) < 4.78 is 32.8. The molecule has 2 N–H and O–H groups in total. The van der Waals surface area contributed by atoms with Gasteiger partial charge in [-0.3, -0.25) is 4.79 Å². The maximum Gasteiger partial charge on any atom is 0.264 e. The molecule has 8 nitrogen and oxygen atoms in total. The Bertz CT molecular complexity index is 1190. The van der Waals surface area contributed by atoms with E-state index in [0.717, 1.165) is 11.1 Å². The van der Waals surface area contributed by atoms with Crippen LogP contribution in [0.5, 0.6) is 5.75 Å². The quantitative estimate of drug-likeness (QED) is 0.553. The van der Waals surface area contributed by atoms with Gasteiger partial charge in [0.25, 0.3) is 15.9 Å². The van der Waals surface area contributed by atoms with Crippen LogP contribution in [0.25, 0.3) is 0 Å². The average Bonchev–Trinajstić information content (AvgIpc) is 2.70. The maximum absolute atomic E-state index is 12.5. The largest absolute Gasteiger partial charge is 0.484 e. The van der Waals surface area contributed by atoms with Crippen LogP contribution >= 0.6 is 11.6 Å². The zero-order valence-corrected chi connectivity index (χ0v) is 18.7. The van der Waals surface area contributed by atoms with E-state index >= 15 is 0 Å². The molecule has 3 rings (SSSR count). The number of aromatic nitrogens is 2. The van der Waals surface area contributed by atoms with Crippen LogP contribution in [0.1, 0.15) is 16.8 Å². The second-order valence-corrected chi connectivity index (χ2v) is 8.92. The Morgan fingerprint density at radius 3 is 2.32 bits per heavy atom. The highest BCUT2D eigenvalue weighted by Crippen LogP contribution is 2.26. The molecule has 0 saturated carbocycles. The van der Waals surface area contributed by atoms with Gasteiger partial charge < -0.3 is 10.1 Å². The molecule has 10 heteroatoms. The highest BCUT2D eigenvalue weighted by atomic mass is 35.5. The smallest absolute Gasteiger partial charge is 0.264 e. The van der Waals surface area contributed by atoms with Gasteiger partial charge >= 0.3 is 0 Å². The van der Waals surface area contributed by atoms with E-state index in [1.165, 1.54) is 30.5 Å². The molecule has 0 atom stereocenters. The van der Waals surface area contributed by atoms with Crippen molar-refractivity contribution in [3.05, 3.63) is 70.5 Å². The van der Waals surface area contributed by atoms with Gasteiger partial charge in [0, 0.05) is 22.6 Å². The van der Waals surface area contributed by atoms with Crippen LogP contribution in [-0.2, 0) is 14.8 Å². The Hall–Kier alpha value is -3.17. The standard InChI is InChI=1S/C21H21ClN4O4S/c1-13-10-17(11-14(2)20(13)22)30-12-19(27)25-16-4-6-18(7-5-16)31(28,29)26-21-23-9-8-15(3)24-21/h4-11H,12H2,1-3H3,(H,25,27)(H,23,24,26). The first-order valence-corrected chi connectivity index (χ1v) is 11.1. The molecule has 0 aliphatic rings. The first kappa shape index (κ1) is 22.5. The second-order valence-electron chi connectivity index (χ2n) is 6.86. The van der Waals surface area contributed by atoms with Crippen molar-refractivity contribution in [1.82, 2.24) is 9.97 Å². The minimum absolute atomic E-state index is 0.0119. The van der Waals surface area contributed by atoms with Crippen LogP contribution in [0.2, 0.25) is 5.02 Å². The highest BCUT2D eigenvalue weighted by molar-refractivity contribution is 7.92. The maximum atomic E-state index is 12.5. The number of benzene rings is 2. The average molecular weight is 461 g/mol. The van der Waals surface area contributed by atoms with E-state index in [9.17, 15) is 13.2 Å². The zero-order chi connectivity index (χ0) is 22.6. The SMILES string of the molecule is Cc1ccnc(NS(=O)(=O)c2ccc(NC(=O)COc3cc(C)c(Cl)c(C)c3)cc2)n1. The van der Waals surface area contributed by atoms with Crippen LogP contribution in [0.4, 0.5) is 11.6 Å². The molecular weight excluding hydrogens is 440 g/mol. The number of amides is 1. The van der Waals surface area contributed by atoms with E-state index in [-0.39, 0.29) is 23.4 Å². The van der Waals surface area contributed by atoms with Crippen molar-refractivity contribution in [2.45, 2.75) is 25.7 Å². The molecule has 1 amide bonds. The number of ether oxygens (including phenoxy) is 1. The summed E-state index contributed by atoms with van der Waals surface area (Å²) in [6, 6.07) is 10.9. The number of nitrogens with zero attached hydrogens (tertiary/aromatic N) is 2. The van der Waals surface area contributed by atoms with Crippen molar-refractivity contribution < 1.29 is 17.9 Å². The predicted octanol–water partition coefficient (Wildman–Crippen LogP) is 3.87. The van der Waals surface area contributed by atoms with Crippen molar-refractivity contribution in [2.75, 3.05) is 16.6 Å². The molecule has 3 aromatic rings. The highest BCUT2D eigenvalue weighted by Gasteiger charge is 2.16. The lowest BCUT2D eigenvalue weighted by Crippen LogP contribution is -2.20. The van der Waals surface area contributed by atoms with Gasteiger partial charge in [0.1, 0.15) is 5.75 Å². The Morgan fingerprint density at radius 2 is 1.71 bits per heavy atom. The van der Waals surface area contributed by atoms with Crippen LogP contribution in [0, 0.1) is 20.8 Å². The molecule has 1 aromatic heterocycles. The minimum atomic E-state index is -3.86. The van der Waals surface area contributed by atoms with Gasteiger partial charge in [0.05, 0.1) is 4.90 Å². The molecule has 0 saturated heterocycles. The van der Waals surface area contributed by atoms with Gasteiger partial charge in [-0.1, -0.05) is 11.6 Å². The molecule has 0 spiro atoms. The summed E-state index contributed by atoms with van der Waals surface area (Å²) >= 11 is 6.13. The topological polar surface area (TPSA) is 110 Å². The number of sulfonamides is 1. The third-order valence-electron chi connectivity index (χ3n) is 4.25. The molecule has 162 valence electrons. The third kappa shape index (κ3) is 5.93. The fraction of sp³-hybridized carbons (Fsp3) is 0.190. The van der Waals surface area contributed by atoms with Crippen molar-refractivity contribution in [3.8, 4) is 5.75 Å². The van der Waals surface area contributed by atoms with E-state index < -0.39 is 10.0 Å². The van der Waals surface area contributed by atoms with E-state index in [2.05, 4.69) is 20.0 Å². The lowest BCUT2D eigenvalue weighted by molar-refractivity contribution is -0.118. The van der Waals surface area contributed by atoms with E-state index in [1.807, 2.05) is 13.8 Å². The van der Waals surface area contributed by atoms with E-state index in [1.54, 1.807) is 25.1 Å². The number of rotatable bonds is 7. The number of aryl methyl sites for hydroxylation is 3. The number of anilines is 2. The number of hydrogen-bond acceptors (Lipinski definition) is 6. The van der Waals surface area contributed by atoms with E-state index in [4.69, 9.17) is 16.3 Å². The van der Waals surface area contributed by atoms with Crippen LogP contribution in [-0.4, -0.2) is 30.9 Å². The summed E-state index contributed by atoms with van der Waals surface area (Å²) in [4.78, 5) is 20.1. The van der Waals surface area contributed by atoms with Crippen molar-refractivity contribution in [3.63, 3.8) is 0 Å². The van der Waals surface area contributed by atoms with Gasteiger partial charge in [-0.05, 0) is 74.4 Å². The fourth-order valence-electron chi connectivity index (χ4n) is 2.73. The lowest BCUT2D eigenvalue weighted by Gasteiger charge is -2.11. The first-order chi connectivity index (χ1) is 14.6. The van der Waals surface area contributed by atoms with Gasteiger partial charge in [-0.15, -0.1) is 0 Å². The molecule has 0 radical (unpaired) electrons. The Balaban J connectivity index is 1.60. The first-order valence-electron chi connectivity index (χ1n) is 9.26. The second kappa shape index (κ2) is 9.32. The van der Waals surface area contributed by atoms with E-state index in [0.29, 0.717) is 22.2 Å². The molecule has 1 heterocycles. The molecule has 0 unspecified atom stereocenters. The zero-order valence-electron chi connectivity index (χ0n) is 17.1. The summed E-state index contributed by atoms with van der Waals surface area (Å²) in [5.41, 5.74) is 2.79. The molecule has 31 heavy (non-hydrogen) atoms. The fourth-order valence-corrected chi connectivity index (χ4v) is 3.79. The lowest BCUT2D eigenvalue weighted by atomic mass is 10.1.